The van der Waals surface area contributed by atoms with E-state index in [1.807, 2.05) is 0 Å². The van der Waals surface area contributed by atoms with E-state index in [1.165, 1.54) is 44.5 Å². The van der Waals surface area contributed by atoms with E-state index >= 15 is 0 Å². The third-order valence-electron chi connectivity index (χ3n) is 2.88. The van der Waals surface area contributed by atoms with Crippen LogP contribution in [-0.4, -0.2) is 24.5 Å². The molecule has 71 valence electrons. The largest absolute Gasteiger partial charge is 0.303 e. The van der Waals surface area contributed by atoms with Crippen LogP contribution in [0.4, 0.5) is 0 Å². The fraction of sp³-hybridized carbons (Fsp3) is 0.583. The van der Waals surface area contributed by atoms with Gasteiger partial charge in [0.25, 0.3) is 0 Å². The van der Waals surface area contributed by atoms with Crippen molar-refractivity contribution in [3.05, 3.63) is 30.2 Å². The summed E-state index contributed by atoms with van der Waals surface area (Å²) in [6.07, 6.45) is 14.2. The molecule has 0 amide bonds. The molecule has 2 rings (SSSR count). The van der Waals surface area contributed by atoms with Gasteiger partial charge in [0, 0.05) is 6.54 Å². The molecule has 0 aromatic carbocycles. The van der Waals surface area contributed by atoms with Crippen LogP contribution in [0, 0.1) is 6.42 Å². The molecule has 0 saturated carbocycles. The van der Waals surface area contributed by atoms with Gasteiger partial charge in [-0.2, -0.15) is 0 Å². The summed E-state index contributed by atoms with van der Waals surface area (Å²) >= 11 is 0. The molecule has 0 bridgehead atoms. The molecule has 1 nitrogen and oxygen atoms in total. The molecule has 0 atom stereocenters. The van der Waals surface area contributed by atoms with Crippen LogP contribution in [0.1, 0.15) is 25.7 Å². The summed E-state index contributed by atoms with van der Waals surface area (Å²) < 4.78 is 0. The topological polar surface area (TPSA) is 3.24 Å². The van der Waals surface area contributed by atoms with Gasteiger partial charge in [-0.25, -0.2) is 0 Å². The second-order valence-corrected chi connectivity index (χ2v) is 3.91. The molecule has 1 heteroatoms. The minimum absolute atomic E-state index is 1.13. The van der Waals surface area contributed by atoms with E-state index in [0.29, 0.717) is 0 Å². The Labute approximate surface area is 81.1 Å². The lowest BCUT2D eigenvalue weighted by Gasteiger charge is -2.16. The van der Waals surface area contributed by atoms with Gasteiger partial charge in [-0.15, -0.1) is 0 Å². The first-order valence-electron chi connectivity index (χ1n) is 5.36. The third kappa shape index (κ3) is 2.70. The summed E-state index contributed by atoms with van der Waals surface area (Å²) in [6, 6.07) is 0. The highest BCUT2D eigenvalue weighted by molar-refractivity contribution is 5.25. The Balaban J connectivity index is 1.71. The van der Waals surface area contributed by atoms with Crippen LogP contribution in [0.5, 0.6) is 0 Å². The number of rotatable bonds is 3. The summed E-state index contributed by atoms with van der Waals surface area (Å²) in [5.74, 6) is 0. The lowest BCUT2D eigenvalue weighted by molar-refractivity contribution is 0.343. The van der Waals surface area contributed by atoms with Crippen molar-refractivity contribution in [1.29, 1.82) is 0 Å². The Bertz CT molecular complexity index is 209. The predicted molar refractivity (Wildman–Crippen MR) is 56.4 cm³/mol. The molecule has 0 unspecified atom stereocenters. The van der Waals surface area contributed by atoms with Crippen molar-refractivity contribution in [2.75, 3.05) is 19.6 Å². The molecule has 13 heavy (non-hydrogen) atoms. The number of hydrogen-bond acceptors (Lipinski definition) is 1. The molecular formula is C12H18N. The van der Waals surface area contributed by atoms with Gasteiger partial charge in [-0.3, -0.25) is 0 Å². The highest BCUT2D eigenvalue weighted by Gasteiger charge is 2.11. The van der Waals surface area contributed by atoms with Gasteiger partial charge < -0.3 is 4.90 Å². The molecule has 0 N–H and O–H groups in total. The summed E-state index contributed by atoms with van der Waals surface area (Å²) in [4.78, 5) is 2.58. The van der Waals surface area contributed by atoms with E-state index < -0.39 is 0 Å². The Morgan fingerprint density at radius 2 is 2.08 bits per heavy atom. The zero-order valence-corrected chi connectivity index (χ0v) is 8.21. The maximum Gasteiger partial charge on any atom is 0.00188 e. The van der Waals surface area contributed by atoms with Gasteiger partial charge in [0.15, 0.2) is 0 Å². The van der Waals surface area contributed by atoms with Crippen LogP contribution in [0.2, 0.25) is 0 Å². The van der Waals surface area contributed by atoms with Crippen LogP contribution in [-0.2, 0) is 0 Å². The van der Waals surface area contributed by atoms with Crippen molar-refractivity contribution >= 4 is 0 Å². The quantitative estimate of drug-likeness (QED) is 0.639. The van der Waals surface area contributed by atoms with Crippen LogP contribution in [0.25, 0.3) is 0 Å². The van der Waals surface area contributed by atoms with E-state index in [2.05, 4.69) is 29.5 Å². The zero-order valence-electron chi connectivity index (χ0n) is 8.21. The van der Waals surface area contributed by atoms with E-state index in [9.17, 15) is 0 Å². The maximum atomic E-state index is 2.58. The van der Waals surface area contributed by atoms with Gasteiger partial charge in [0.2, 0.25) is 0 Å². The minimum atomic E-state index is 1.13. The molecule has 1 fully saturated rings. The van der Waals surface area contributed by atoms with E-state index in [-0.39, 0.29) is 0 Å². The molecule has 1 saturated heterocycles. The average molecular weight is 176 g/mol. The number of likely N-dealkylation sites (tertiary alicyclic amines) is 1. The van der Waals surface area contributed by atoms with Crippen LogP contribution < -0.4 is 0 Å². The molecule has 0 spiro atoms. The molecular weight excluding hydrogens is 158 g/mol. The van der Waals surface area contributed by atoms with Crippen molar-refractivity contribution in [2.24, 2.45) is 0 Å². The Kier molecular flexibility index (Phi) is 3.20. The normalized spacial score (nSPS) is 23.5. The minimum Gasteiger partial charge on any atom is -0.303 e. The van der Waals surface area contributed by atoms with Crippen molar-refractivity contribution in [2.45, 2.75) is 25.7 Å². The number of nitrogens with zero attached hydrogens (tertiary/aromatic N) is 1. The molecule has 0 aromatic heterocycles. The lowest BCUT2D eigenvalue weighted by Crippen LogP contribution is -2.20. The summed E-state index contributed by atoms with van der Waals surface area (Å²) in [5, 5.41) is 0. The van der Waals surface area contributed by atoms with Gasteiger partial charge in [0.05, 0.1) is 0 Å². The molecule has 2 aliphatic rings. The summed E-state index contributed by atoms with van der Waals surface area (Å²) in [6.45, 7) is 3.91. The van der Waals surface area contributed by atoms with E-state index in [0.717, 1.165) is 6.42 Å². The van der Waals surface area contributed by atoms with Gasteiger partial charge >= 0.3 is 0 Å². The maximum absolute atomic E-state index is 2.58. The first-order valence-corrected chi connectivity index (χ1v) is 5.36. The number of allylic oxidation sites excluding steroid dienone is 3. The smallest absolute Gasteiger partial charge is 0.00188 e. The van der Waals surface area contributed by atoms with Gasteiger partial charge in [-0.1, -0.05) is 23.8 Å². The molecule has 1 aliphatic heterocycles. The first kappa shape index (κ1) is 9.01. The summed E-state index contributed by atoms with van der Waals surface area (Å²) in [7, 11) is 0. The molecule has 1 radical (unpaired) electrons. The molecule has 1 heterocycles. The van der Waals surface area contributed by atoms with Crippen molar-refractivity contribution in [1.82, 2.24) is 4.90 Å². The molecule has 0 aromatic rings. The fourth-order valence-electron chi connectivity index (χ4n) is 2.04. The first-order chi connectivity index (χ1) is 6.45. The standard InChI is InChI=1S/C12H18N/c1-2-6-12(7-3-1)8-11-13-9-4-5-10-13/h1-2,6-7H,3-5,8-11H2. The Morgan fingerprint density at radius 3 is 2.77 bits per heavy atom. The van der Waals surface area contributed by atoms with Gasteiger partial charge in [0.1, 0.15) is 0 Å². The average Bonchev–Trinajstić information content (AvgIpc) is 2.69. The monoisotopic (exact) mass is 176 g/mol. The van der Waals surface area contributed by atoms with Crippen molar-refractivity contribution in [3.63, 3.8) is 0 Å². The summed E-state index contributed by atoms with van der Waals surface area (Å²) in [5.41, 5.74) is 1.52. The predicted octanol–water partition coefficient (Wildman–Crippen LogP) is 2.56. The Morgan fingerprint density at radius 1 is 1.23 bits per heavy atom. The fourth-order valence-corrected chi connectivity index (χ4v) is 2.04. The van der Waals surface area contributed by atoms with Crippen LogP contribution >= 0.6 is 0 Å². The molecule has 1 aliphatic carbocycles. The second kappa shape index (κ2) is 4.61. The second-order valence-electron chi connectivity index (χ2n) is 3.91. The van der Waals surface area contributed by atoms with Crippen molar-refractivity contribution in [3.8, 4) is 0 Å². The Hall–Kier alpha value is -0.560. The van der Waals surface area contributed by atoms with Crippen LogP contribution in [0.15, 0.2) is 23.8 Å². The van der Waals surface area contributed by atoms with Crippen molar-refractivity contribution < 1.29 is 0 Å². The highest BCUT2D eigenvalue weighted by Crippen LogP contribution is 2.16. The number of hydrogen-bond donors (Lipinski definition) is 0. The SMILES string of the molecule is [CH]1CC=CC=C1CCN1CCCC1. The van der Waals surface area contributed by atoms with E-state index in [4.69, 9.17) is 0 Å². The lowest BCUT2D eigenvalue weighted by atomic mass is 10.0. The third-order valence-corrected chi connectivity index (χ3v) is 2.88. The zero-order chi connectivity index (χ0) is 8.93. The van der Waals surface area contributed by atoms with E-state index in [1.54, 1.807) is 0 Å². The highest BCUT2D eigenvalue weighted by atomic mass is 15.1. The van der Waals surface area contributed by atoms with Crippen LogP contribution in [0.3, 0.4) is 0 Å². The van der Waals surface area contributed by atoms with Gasteiger partial charge in [-0.05, 0) is 45.2 Å².